The molecule has 2 aromatic rings. The van der Waals surface area contributed by atoms with Gasteiger partial charge in [0, 0.05) is 12.3 Å². The highest BCUT2D eigenvalue weighted by atomic mass is 16.5. The van der Waals surface area contributed by atoms with E-state index in [1.165, 1.54) is 0 Å². The third-order valence-electron chi connectivity index (χ3n) is 4.24. The van der Waals surface area contributed by atoms with Crippen LogP contribution < -0.4 is 10.4 Å². The van der Waals surface area contributed by atoms with Crippen molar-refractivity contribution >= 4 is 12.1 Å². The van der Waals surface area contributed by atoms with E-state index in [4.69, 9.17) is 11.2 Å². The number of hydrogen-bond acceptors (Lipinski definition) is 4. The van der Waals surface area contributed by atoms with Crippen molar-refractivity contribution in [2.24, 2.45) is 0 Å². The average molecular weight is 334 g/mol. The Morgan fingerprint density at radius 3 is 2.20 bits per heavy atom. The third-order valence-corrected chi connectivity index (χ3v) is 4.24. The van der Waals surface area contributed by atoms with Crippen LogP contribution in [0.3, 0.4) is 0 Å². The number of alkyl carbamates (subject to hydrolysis) is 1. The monoisotopic (exact) mass is 334 g/mol. The maximum absolute atomic E-state index is 11.9. The van der Waals surface area contributed by atoms with Crippen LogP contribution in [-0.2, 0) is 9.53 Å². The van der Waals surface area contributed by atoms with Gasteiger partial charge in [-0.3, -0.25) is 0 Å². The molecular formula is C20H16NO4-. The topological polar surface area (TPSA) is 78.5 Å². The molecule has 5 nitrogen and oxygen atoms in total. The Kier molecular flexibility index (Phi) is 4.71. The van der Waals surface area contributed by atoms with Crippen LogP contribution in [0.4, 0.5) is 4.79 Å². The molecule has 0 radical (unpaired) electrons. The first kappa shape index (κ1) is 16.6. The number of carboxylic acid groups (broad SMARTS) is 1. The number of fused-ring (bicyclic) bond motifs is 3. The van der Waals surface area contributed by atoms with Gasteiger partial charge in [-0.1, -0.05) is 48.5 Å². The highest BCUT2D eigenvalue weighted by Gasteiger charge is 2.29. The molecule has 2 aromatic carbocycles. The summed E-state index contributed by atoms with van der Waals surface area (Å²) in [4.78, 5) is 22.9. The summed E-state index contributed by atoms with van der Waals surface area (Å²) in [6, 6.07) is 14.6. The van der Waals surface area contributed by atoms with E-state index in [0.29, 0.717) is 0 Å². The predicted molar refractivity (Wildman–Crippen MR) is 90.4 cm³/mol. The zero-order chi connectivity index (χ0) is 17.8. The molecule has 1 atom stereocenters. The average Bonchev–Trinajstić information content (AvgIpc) is 2.93. The Morgan fingerprint density at radius 2 is 1.68 bits per heavy atom. The van der Waals surface area contributed by atoms with E-state index in [9.17, 15) is 14.7 Å². The fraction of sp³-hybridized carbons (Fsp3) is 0.200. The molecule has 0 saturated heterocycles. The number of carboxylic acids is 1. The van der Waals surface area contributed by atoms with E-state index in [1.807, 2.05) is 48.5 Å². The molecule has 1 amide bonds. The number of carbonyl (C=O) groups is 2. The number of ether oxygens (including phenoxy) is 1. The standard InChI is InChI=1S/C20H17NO4/c1-2-7-18(19(22)23)21-20(24)25-12-17-15-10-5-3-8-13(15)14-9-4-6-11-16(14)17/h1,3-6,8-11,17-18H,7,12H2,(H,21,24)(H,22,23)/p-1/t18-/m0/s1. The zero-order valence-electron chi connectivity index (χ0n) is 13.4. The summed E-state index contributed by atoms with van der Waals surface area (Å²) in [5, 5.41) is 13.2. The predicted octanol–water partition coefficient (Wildman–Crippen LogP) is 1.67. The van der Waals surface area contributed by atoms with E-state index in [0.717, 1.165) is 22.3 Å². The Labute approximate surface area is 145 Å². The molecule has 0 heterocycles. The molecule has 0 saturated carbocycles. The van der Waals surface area contributed by atoms with Gasteiger partial charge < -0.3 is 20.0 Å². The first-order valence-corrected chi connectivity index (χ1v) is 7.87. The van der Waals surface area contributed by atoms with Gasteiger partial charge in [-0.15, -0.1) is 12.3 Å². The van der Waals surface area contributed by atoms with Crippen LogP contribution in [0.15, 0.2) is 48.5 Å². The number of amides is 1. The second kappa shape index (κ2) is 7.10. The number of nitrogens with one attached hydrogen (secondary N) is 1. The molecule has 25 heavy (non-hydrogen) atoms. The fourth-order valence-electron chi connectivity index (χ4n) is 3.09. The van der Waals surface area contributed by atoms with Gasteiger partial charge in [0.15, 0.2) is 0 Å². The van der Waals surface area contributed by atoms with Crippen molar-refractivity contribution in [2.45, 2.75) is 18.4 Å². The SMILES string of the molecule is C#CC[C@H](NC(=O)OCC1c2ccccc2-c2ccccc21)C(=O)[O-]. The van der Waals surface area contributed by atoms with Crippen LogP contribution in [0.2, 0.25) is 0 Å². The summed E-state index contributed by atoms with van der Waals surface area (Å²) in [5.41, 5.74) is 4.40. The van der Waals surface area contributed by atoms with Crippen molar-refractivity contribution in [3.63, 3.8) is 0 Å². The second-order valence-electron chi connectivity index (χ2n) is 5.75. The summed E-state index contributed by atoms with van der Waals surface area (Å²) in [7, 11) is 0. The first-order chi connectivity index (χ1) is 12.1. The quantitative estimate of drug-likeness (QED) is 0.844. The van der Waals surface area contributed by atoms with E-state index in [2.05, 4.69) is 11.2 Å². The van der Waals surface area contributed by atoms with Crippen molar-refractivity contribution in [1.82, 2.24) is 5.32 Å². The molecular weight excluding hydrogens is 318 g/mol. The zero-order valence-corrected chi connectivity index (χ0v) is 13.4. The van der Waals surface area contributed by atoms with Gasteiger partial charge in [0.05, 0.1) is 12.0 Å². The second-order valence-corrected chi connectivity index (χ2v) is 5.75. The molecule has 0 fully saturated rings. The van der Waals surface area contributed by atoms with Crippen LogP contribution in [0.5, 0.6) is 0 Å². The largest absolute Gasteiger partial charge is 0.548 e. The smallest absolute Gasteiger partial charge is 0.407 e. The Bertz CT molecular complexity index is 807. The van der Waals surface area contributed by atoms with Crippen molar-refractivity contribution < 1.29 is 19.4 Å². The lowest BCUT2D eigenvalue weighted by Crippen LogP contribution is -2.48. The van der Waals surface area contributed by atoms with Crippen molar-refractivity contribution in [3.05, 3.63) is 59.7 Å². The summed E-state index contributed by atoms with van der Waals surface area (Å²) in [6.45, 7) is 0.107. The summed E-state index contributed by atoms with van der Waals surface area (Å²) in [5.74, 6) is 0.658. The minimum atomic E-state index is -1.44. The lowest BCUT2D eigenvalue weighted by Gasteiger charge is -2.19. The van der Waals surface area contributed by atoms with Crippen molar-refractivity contribution in [1.29, 1.82) is 0 Å². The van der Waals surface area contributed by atoms with Gasteiger partial charge in [0.2, 0.25) is 0 Å². The van der Waals surface area contributed by atoms with Gasteiger partial charge in [-0.2, -0.15) is 0 Å². The molecule has 126 valence electrons. The van der Waals surface area contributed by atoms with Crippen LogP contribution in [-0.4, -0.2) is 24.7 Å². The number of hydrogen-bond donors (Lipinski definition) is 1. The van der Waals surface area contributed by atoms with Gasteiger partial charge in [0.1, 0.15) is 6.61 Å². The van der Waals surface area contributed by atoms with Gasteiger partial charge >= 0.3 is 6.09 Å². The van der Waals surface area contributed by atoms with E-state index in [-0.39, 0.29) is 18.9 Å². The minimum Gasteiger partial charge on any atom is -0.548 e. The lowest BCUT2D eigenvalue weighted by molar-refractivity contribution is -0.308. The Morgan fingerprint density at radius 1 is 1.12 bits per heavy atom. The molecule has 0 spiro atoms. The normalized spacial score (nSPS) is 13.2. The van der Waals surface area contributed by atoms with E-state index >= 15 is 0 Å². The van der Waals surface area contributed by atoms with Crippen molar-refractivity contribution in [3.8, 4) is 23.5 Å². The Hall–Kier alpha value is -3.26. The summed E-state index contributed by atoms with van der Waals surface area (Å²) >= 11 is 0. The molecule has 1 N–H and O–H groups in total. The Balaban J connectivity index is 1.72. The molecule has 0 aromatic heterocycles. The summed E-state index contributed by atoms with van der Waals surface area (Å²) < 4.78 is 5.26. The van der Waals surface area contributed by atoms with Crippen LogP contribution >= 0.6 is 0 Å². The molecule has 5 heteroatoms. The van der Waals surface area contributed by atoms with E-state index < -0.39 is 18.1 Å². The van der Waals surface area contributed by atoms with Gasteiger partial charge in [-0.25, -0.2) is 4.79 Å². The first-order valence-electron chi connectivity index (χ1n) is 7.87. The third kappa shape index (κ3) is 3.33. The minimum absolute atomic E-state index is 0.0906. The number of rotatable bonds is 5. The van der Waals surface area contributed by atoms with E-state index in [1.54, 1.807) is 0 Å². The maximum atomic E-state index is 11.9. The van der Waals surface area contributed by atoms with Gasteiger partial charge in [-0.05, 0) is 22.3 Å². The molecule has 0 aliphatic heterocycles. The maximum Gasteiger partial charge on any atom is 0.407 e. The summed E-state index contributed by atoms with van der Waals surface area (Å²) in [6.07, 6.45) is 4.10. The highest BCUT2D eigenvalue weighted by molar-refractivity contribution is 5.80. The molecule has 1 aliphatic carbocycles. The number of carbonyl (C=O) groups excluding carboxylic acids is 2. The van der Waals surface area contributed by atoms with Crippen LogP contribution in [0.25, 0.3) is 11.1 Å². The molecule has 0 unspecified atom stereocenters. The number of benzene rings is 2. The number of aliphatic carboxylic acids is 1. The molecule has 3 rings (SSSR count). The molecule has 1 aliphatic rings. The highest BCUT2D eigenvalue weighted by Crippen LogP contribution is 2.44. The fourth-order valence-corrected chi connectivity index (χ4v) is 3.09. The van der Waals surface area contributed by atoms with Crippen LogP contribution in [0, 0.1) is 12.3 Å². The molecule has 0 bridgehead atoms. The van der Waals surface area contributed by atoms with Crippen molar-refractivity contribution in [2.75, 3.05) is 6.61 Å². The van der Waals surface area contributed by atoms with Crippen LogP contribution in [0.1, 0.15) is 23.5 Å². The lowest BCUT2D eigenvalue weighted by atomic mass is 9.98. The van der Waals surface area contributed by atoms with Gasteiger partial charge in [0.25, 0.3) is 0 Å². The number of terminal acetylenes is 1.